The third-order valence-corrected chi connectivity index (χ3v) is 4.43. The van der Waals surface area contributed by atoms with Crippen molar-refractivity contribution in [3.63, 3.8) is 0 Å². The molecule has 2 aromatic carbocycles. The molecule has 0 fully saturated rings. The van der Waals surface area contributed by atoms with Gasteiger partial charge in [0.05, 0.1) is 24.9 Å². The average molecular weight is 392 g/mol. The number of amides is 1. The number of hydrogen-bond donors (Lipinski definition) is 1. The first-order chi connectivity index (χ1) is 12.7. The van der Waals surface area contributed by atoms with E-state index in [2.05, 4.69) is 26.1 Å². The van der Waals surface area contributed by atoms with Gasteiger partial charge in [0.2, 0.25) is 0 Å². The Labute approximate surface area is 165 Å². The normalized spacial score (nSPS) is 12.3. The average Bonchev–Trinajstić information content (AvgIpc) is 2.62. The minimum Gasteiger partial charge on any atom is -0.495 e. The van der Waals surface area contributed by atoms with E-state index in [-0.39, 0.29) is 11.3 Å². The SMILES string of the molecule is COc1cc(NC(=O)[C@@H](C)Oc2ccc(C(C)(C)C)cc2)c(OC)cc1Cl. The number of rotatable bonds is 6. The summed E-state index contributed by atoms with van der Waals surface area (Å²) < 4.78 is 16.2. The molecule has 0 saturated heterocycles. The van der Waals surface area contributed by atoms with E-state index >= 15 is 0 Å². The predicted molar refractivity (Wildman–Crippen MR) is 108 cm³/mol. The van der Waals surface area contributed by atoms with Crippen LogP contribution in [0.3, 0.4) is 0 Å². The Kier molecular flexibility index (Phi) is 6.60. The second-order valence-corrected chi connectivity index (χ2v) is 7.62. The van der Waals surface area contributed by atoms with Crippen molar-refractivity contribution in [2.75, 3.05) is 19.5 Å². The fourth-order valence-electron chi connectivity index (χ4n) is 2.48. The molecule has 27 heavy (non-hydrogen) atoms. The Morgan fingerprint density at radius 1 is 1.04 bits per heavy atom. The zero-order chi connectivity index (χ0) is 20.2. The van der Waals surface area contributed by atoms with E-state index in [1.54, 1.807) is 19.1 Å². The molecule has 0 aliphatic carbocycles. The zero-order valence-electron chi connectivity index (χ0n) is 16.6. The Balaban J connectivity index is 2.10. The van der Waals surface area contributed by atoms with Crippen molar-refractivity contribution >= 4 is 23.2 Å². The van der Waals surface area contributed by atoms with Gasteiger partial charge in [0.1, 0.15) is 17.2 Å². The fraction of sp³-hybridized carbons (Fsp3) is 0.381. The van der Waals surface area contributed by atoms with Crippen LogP contribution >= 0.6 is 11.6 Å². The molecule has 0 radical (unpaired) electrons. The van der Waals surface area contributed by atoms with E-state index in [0.717, 1.165) is 0 Å². The van der Waals surface area contributed by atoms with Gasteiger partial charge in [-0.1, -0.05) is 44.5 Å². The lowest BCUT2D eigenvalue weighted by Gasteiger charge is -2.20. The summed E-state index contributed by atoms with van der Waals surface area (Å²) in [4.78, 5) is 12.5. The highest BCUT2D eigenvalue weighted by molar-refractivity contribution is 6.32. The standard InChI is InChI=1S/C21H26ClNO4/c1-13(27-15-9-7-14(8-10-15)21(2,3)4)20(24)23-17-12-18(25-5)16(22)11-19(17)26-6/h7-13H,1-6H3,(H,23,24)/t13-/m1/s1. The van der Waals surface area contributed by atoms with Crippen LogP contribution < -0.4 is 19.5 Å². The molecule has 0 heterocycles. The van der Waals surface area contributed by atoms with Gasteiger partial charge in [-0.05, 0) is 30.0 Å². The molecule has 0 aromatic heterocycles. The largest absolute Gasteiger partial charge is 0.495 e. The Hall–Kier alpha value is -2.40. The Bertz CT molecular complexity index is 797. The first-order valence-electron chi connectivity index (χ1n) is 8.65. The highest BCUT2D eigenvalue weighted by Crippen LogP contribution is 2.36. The van der Waals surface area contributed by atoms with Gasteiger partial charge in [-0.2, -0.15) is 0 Å². The van der Waals surface area contributed by atoms with Crippen LogP contribution in [0.4, 0.5) is 5.69 Å². The molecule has 0 unspecified atom stereocenters. The van der Waals surface area contributed by atoms with Crippen LogP contribution in [0.2, 0.25) is 5.02 Å². The lowest BCUT2D eigenvalue weighted by atomic mass is 9.87. The number of nitrogens with one attached hydrogen (secondary N) is 1. The maximum atomic E-state index is 12.5. The van der Waals surface area contributed by atoms with Crippen LogP contribution in [0.15, 0.2) is 36.4 Å². The van der Waals surface area contributed by atoms with Gasteiger partial charge in [-0.25, -0.2) is 0 Å². The number of carbonyl (C=O) groups excluding carboxylic acids is 1. The summed E-state index contributed by atoms with van der Waals surface area (Å²) in [5, 5.41) is 3.19. The molecule has 2 aromatic rings. The van der Waals surface area contributed by atoms with E-state index in [0.29, 0.717) is 28.0 Å². The molecule has 0 aliphatic heterocycles. The van der Waals surface area contributed by atoms with E-state index in [9.17, 15) is 4.79 Å². The first kappa shape index (κ1) is 20.9. The minimum absolute atomic E-state index is 0.0612. The van der Waals surface area contributed by atoms with Crippen molar-refractivity contribution in [2.24, 2.45) is 0 Å². The van der Waals surface area contributed by atoms with Crippen LogP contribution in [-0.2, 0) is 10.2 Å². The fourth-order valence-corrected chi connectivity index (χ4v) is 2.71. The van der Waals surface area contributed by atoms with Gasteiger partial charge < -0.3 is 19.5 Å². The molecule has 0 saturated carbocycles. The summed E-state index contributed by atoms with van der Waals surface area (Å²) in [6.07, 6.45) is -0.697. The number of carbonyl (C=O) groups is 1. The molecule has 1 N–H and O–H groups in total. The molecule has 5 nitrogen and oxygen atoms in total. The van der Waals surface area contributed by atoms with Gasteiger partial charge in [0.25, 0.3) is 5.91 Å². The van der Waals surface area contributed by atoms with Crippen molar-refractivity contribution in [1.29, 1.82) is 0 Å². The molecule has 146 valence electrons. The summed E-state index contributed by atoms with van der Waals surface area (Å²) >= 11 is 6.09. The smallest absolute Gasteiger partial charge is 0.265 e. The maximum Gasteiger partial charge on any atom is 0.265 e. The van der Waals surface area contributed by atoms with Crippen molar-refractivity contribution in [3.05, 3.63) is 47.0 Å². The van der Waals surface area contributed by atoms with Gasteiger partial charge in [-0.3, -0.25) is 4.79 Å². The third kappa shape index (κ3) is 5.30. The monoisotopic (exact) mass is 391 g/mol. The van der Waals surface area contributed by atoms with E-state index in [1.807, 2.05) is 24.3 Å². The summed E-state index contributed by atoms with van der Waals surface area (Å²) in [5.74, 6) is 1.21. The molecule has 0 spiro atoms. The third-order valence-electron chi connectivity index (χ3n) is 4.13. The lowest BCUT2D eigenvalue weighted by Crippen LogP contribution is -2.30. The number of halogens is 1. The van der Waals surface area contributed by atoms with E-state index in [1.165, 1.54) is 19.8 Å². The predicted octanol–water partition coefficient (Wildman–Crippen LogP) is 5.06. The molecule has 0 bridgehead atoms. The highest BCUT2D eigenvalue weighted by Gasteiger charge is 2.19. The second kappa shape index (κ2) is 8.53. The van der Waals surface area contributed by atoms with Crippen molar-refractivity contribution in [1.82, 2.24) is 0 Å². The lowest BCUT2D eigenvalue weighted by molar-refractivity contribution is -0.122. The minimum atomic E-state index is -0.697. The zero-order valence-corrected chi connectivity index (χ0v) is 17.3. The number of anilines is 1. The van der Waals surface area contributed by atoms with Crippen LogP contribution in [0.25, 0.3) is 0 Å². The number of hydrogen-bond acceptors (Lipinski definition) is 4. The summed E-state index contributed by atoms with van der Waals surface area (Å²) in [6.45, 7) is 8.12. The molecule has 6 heteroatoms. The van der Waals surface area contributed by atoms with E-state index < -0.39 is 6.10 Å². The molecule has 2 rings (SSSR count). The van der Waals surface area contributed by atoms with Crippen molar-refractivity contribution < 1.29 is 19.0 Å². The molecule has 1 atom stereocenters. The van der Waals surface area contributed by atoms with Crippen LogP contribution in [-0.4, -0.2) is 26.2 Å². The van der Waals surface area contributed by atoms with Crippen LogP contribution in [0, 0.1) is 0 Å². The van der Waals surface area contributed by atoms with Gasteiger partial charge >= 0.3 is 0 Å². The number of ether oxygens (including phenoxy) is 3. The summed E-state index contributed by atoms with van der Waals surface area (Å²) in [7, 11) is 3.01. The Morgan fingerprint density at radius 2 is 1.63 bits per heavy atom. The Morgan fingerprint density at radius 3 is 2.15 bits per heavy atom. The van der Waals surface area contributed by atoms with Gasteiger partial charge in [-0.15, -0.1) is 0 Å². The summed E-state index contributed by atoms with van der Waals surface area (Å²) in [5.41, 5.74) is 1.72. The second-order valence-electron chi connectivity index (χ2n) is 7.21. The van der Waals surface area contributed by atoms with E-state index in [4.69, 9.17) is 25.8 Å². The highest BCUT2D eigenvalue weighted by atomic mass is 35.5. The van der Waals surface area contributed by atoms with Crippen molar-refractivity contribution in [3.8, 4) is 17.2 Å². The number of methoxy groups -OCH3 is 2. The maximum absolute atomic E-state index is 12.5. The van der Waals surface area contributed by atoms with Crippen LogP contribution in [0.1, 0.15) is 33.3 Å². The molecular weight excluding hydrogens is 366 g/mol. The molecular formula is C21H26ClNO4. The summed E-state index contributed by atoms with van der Waals surface area (Å²) in [6, 6.07) is 11.0. The first-order valence-corrected chi connectivity index (χ1v) is 9.03. The molecule has 1 amide bonds. The van der Waals surface area contributed by atoms with Gasteiger partial charge in [0, 0.05) is 12.1 Å². The number of benzene rings is 2. The van der Waals surface area contributed by atoms with Crippen LogP contribution in [0.5, 0.6) is 17.2 Å². The molecule has 0 aliphatic rings. The van der Waals surface area contributed by atoms with Crippen molar-refractivity contribution in [2.45, 2.75) is 39.2 Å². The topological polar surface area (TPSA) is 56.8 Å². The van der Waals surface area contributed by atoms with Gasteiger partial charge in [0.15, 0.2) is 6.10 Å². The quantitative estimate of drug-likeness (QED) is 0.747.